The van der Waals surface area contributed by atoms with Crippen LogP contribution in [0.1, 0.15) is 0 Å². The second-order valence-corrected chi connectivity index (χ2v) is 6.39. The Bertz CT molecular complexity index is 903. The molecule has 1 aromatic heterocycles. The Morgan fingerprint density at radius 2 is 2.00 bits per heavy atom. The number of fused-ring (bicyclic) bond motifs is 1. The van der Waals surface area contributed by atoms with Gasteiger partial charge in [0.2, 0.25) is 22.4 Å². The predicted molar refractivity (Wildman–Crippen MR) is 82.7 cm³/mol. The van der Waals surface area contributed by atoms with E-state index >= 15 is 0 Å². The molecule has 0 saturated carbocycles. The molecular weight excluding hydrogens is 342 g/mol. The topological polar surface area (TPSA) is 137 Å². The van der Waals surface area contributed by atoms with Crippen molar-refractivity contribution in [1.29, 1.82) is 0 Å². The summed E-state index contributed by atoms with van der Waals surface area (Å²) in [5, 5.41) is 7.87. The quantitative estimate of drug-likeness (QED) is 0.352. The number of amides is 2. The second-order valence-electron chi connectivity index (χ2n) is 4.50. The molecular formula is C12H9N5O4S2. The third kappa shape index (κ3) is 2.83. The lowest BCUT2D eigenvalue weighted by Gasteiger charge is -2.22. The first-order valence-corrected chi connectivity index (χ1v) is 7.90. The zero-order valence-electron chi connectivity index (χ0n) is 11.3. The van der Waals surface area contributed by atoms with Crippen molar-refractivity contribution in [3.8, 4) is 0 Å². The predicted octanol–water partition coefficient (Wildman–Crippen LogP) is 0.103. The number of hydrogen-bond acceptors (Lipinski definition) is 6. The van der Waals surface area contributed by atoms with Crippen molar-refractivity contribution in [3.05, 3.63) is 29.0 Å². The molecule has 0 unspecified atom stereocenters. The summed E-state index contributed by atoms with van der Waals surface area (Å²) < 4.78 is 12.5. The molecule has 1 aliphatic rings. The van der Waals surface area contributed by atoms with Gasteiger partial charge in [-0.2, -0.15) is 4.98 Å². The third-order valence-corrected chi connectivity index (χ3v) is 4.85. The SMILES string of the molecule is O=C(Nc1nc(=S)[nH][nH]1)C(=O)[C@@H]1C(=O)Nc2ccccc2[S@]1=O. The van der Waals surface area contributed by atoms with Gasteiger partial charge in [-0.05, 0) is 24.4 Å². The standard InChI is InChI=1S/C12H9N5O4S2/c18-7(9(19)14-11-15-12(22)17-16-11)8-10(20)13-5-3-1-2-4-6(5)23(8)21/h1-4,8H,(H,13,20)(H3,14,15,16,17,19,22)/t8-,23-/m1/s1. The zero-order chi connectivity index (χ0) is 16.6. The van der Waals surface area contributed by atoms with Crippen LogP contribution < -0.4 is 10.6 Å². The van der Waals surface area contributed by atoms with E-state index < -0.39 is 33.6 Å². The van der Waals surface area contributed by atoms with E-state index in [1.165, 1.54) is 6.07 Å². The third-order valence-electron chi connectivity index (χ3n) is 3.01. The minimum atomic E-state index is -1.97. The molecule has 0 radical (unpaired) electrons. The number of H-pyrrole nitrogens is 2. The van der Waals surface area contributed by atoms with Crippen LogP contribution in [-0.4, -0.2) is 42.2 Å². The molecule has 2 aromatic rings. The molecule has 0 saturated heterocycles. The van der Waals surface area contributed by atoms with E-state index in [-0.39, 0.29) is 15.6 Å². The highest BCUT2D eigenvalue weighted by Gasteiger charge is 2.41. The number of nitrogens with zero attached hydrogens (tertiary/aromatic N) is 1. The average molecular weight is 351 g/mol. The van der Waals surface area contributed by atoms with Gasteiger partial charge in [-0.1, -0.05) is 12.1 Å². The van der Waals surface area contributed by atoms with Gasteiger partial charge in [-0.15, -0.1) is 0 Å². The van der Waals surface area contributed by atoms with Gasteiger partial charge < -0.3 is 5.32 Å². The molecule has 1 aromatic carbocycles. The van der Waals surface area contributed by atoms with E-state index in [0.717, 1.165) is 0 Å². The first kappa shape index (κ1) is 15.2. The van der Waals surface area contributed by atoms with Crippen LogP contribution >= 0.6 is 12.2 Å². The van der Waals surface area contributed by atoms with Crippen molar-refractivity contribution in [2.24, 2.45) is 0 Å². The summed E-state index contributed by atoms with van der Waals surface area (Å²) in [5.74, 6) is -3.11. The van der Waals surface area contributed by atoms with Gasteiger partial charge in [-0.25, -0.2) is 0 Å². The van der Waals surface area contributed by atoms with E-state index in [9.17, 15) is 18.6 Å². The van der Waals surface area contributed by atoms with E-state index in [1.54, 1.807) is 18.2 Å². The van der Waals surface area contributed by atoms with Gasteiger partial charge in [-0.3, -0.25) is 34.1 Å². The lowest BCUT2D eigenvalue weighted by Crippen LogP contribution is -2.46. The molecule has 0 aliphatic carbocycles. The van der Waals surface area contributed by atoms with Gasteiger partial charge in [0.15, 0.2) is 5.25 Å². The van der Waals surface area contributed by atoms with Gasteiger partial charge in [0.1, 0.15) is 0 Å². The normalized spacial score (nSPS) is 19.6. The summed E-state index contributed by atoms with van der Waals surface area (Å²) in [6.45, 7) is 0. The summed E-state index contributed by atoms with van der Waals surface area (Å²) in [6, 6.07) is 6.37. The number of aromatic nitrogens is 3. The molecule has 4 N–H and O–H groups in total. The van der Waals surface area contributed by atoms with Crippen molar-refractivity contribution in [1.82, 2.24) is 15.2 Å². The number of aromatic amines is 2. The number of para-hydroxylation sites is 1. The molecule has 0 bridgehead atoms. The number of nitrogens with one attached hydrogen (secondary N) is 4. The van der Waals surface area contributed by atoms with Gasteiger partial charge in [0.25, 0.3) is 5.91 Å². The van der Waals surface area contributed by atoms with E-state index in [0.29, 0.717) is 5.69 Å². The Kier molecular flexibility index (Phi) is 3.88. The van der Waals surface area contributed by atoms with E-state index in [1.807, 2.05) is 0 Å². The molecule has 11 heteroatoms. The molecule has 118 valence electrons. The molecule has 0 spiro atoms. The van der Waals surface area contributed by atoms with Crippen molar-refractivity contribution in [3.63, 3.8) is 0 Å². The number of carbonyl (C=O) groups excluding carboxylic acids is 3. The van der Waals surface area contributed by atoms with Crippen molar-refractivity contribution < 1.29 is 18.6 Å². The largest absolute Gasteiger partial charge is 0.324 e. The molecule has 2 atom stereocenters. The van der Waals surface area contributed by atoms with Crippen LogP contribution in [0.15, 0.2) is 29.2 Å². The molecule has 9 nitrogen and oxygen atoms in total. The molecule has 3 rings (SSSR count). The number of hydrogen-bond donors (Lipinski definition) is 4. The fraction of sp³-hybridized carbons (Fsp3) is 0.0833. The molecule has 0 fully saturated rings. The van der Waals surface area contributed by atoms with Crippen molar-refractivity contribution in [2.45, 2.75) is 10.1 Å². The highest BCUT2D eigenvalue weighted by molar-refractivity contribution is 7.87. The summed E-state index contributed by atoms with van der Waals surface area (Å²) in [6.07, 6.45) is 0. The number of benzene rings is 1. The first-order chi connectivity index (χ1) is 11.0. The maximum Gasteiger partial charge on any atom is 0.295 e. The summed E-state index contributed by atoms with van der Waals surface area (Å²) in [5.41, 5.74) is 0.358. The zero-order valence-corrected chi connectivity index (χ0v) is 12.9. The summed E-state index contributed by atoms with van der Waals surface area (Å²) in [4.78, 5) is 40.1. The van der Waals surface area contributed by atoms with Crippen LogP contribution in [0.3, 0.4) is 0 Å². The van der Waals surface area contributed by atoms with Gasteiger partial charge in [0.05, 0.1) is 21.4 Å². The Morgan fingerprint density at radius 1 is 1.26 bits per heavy atom. The number of carbonyl (C=O) groups is 3. The van der Waals surface area contributed by atoms with Crippen molar-refractivity contribution >= 4 is 52.3 Å². The fourth-order valence-electron chi connectivity index (χ4n) is 2.00. The van der Waals surface area contributed by atoms with Crippen LogP contribution in [0.4, 0.5) is 11.6 Å². The van der Waals surface area contributed by atoms with Crippen LogP contribution in [-0.2, 0) is 25.2 Å². The maximum absolute atomic E-state index is 12.4. The minimum absolute atomic E-state index is 0.0734. The van der Waals surface area contributed by atoms with E-state index in [4.69, 9.17) is 12.2 Å². The summed E-state index contributed by atoms with van der Waals surface area (Å²) in [7, 11) is -1.97. The van der Waals surface area contributed by atoms with Gasteiger partial charge >= 0.3 is 0 Å². The number of rotatable bonds is 3. The smallest absolute Gasteiger partial charge is 0.295 e. The second kappa shape index (κ2) is 5.85. The van der Waals surface area contributed by atoms with Crippen LogP contribution in [0.2, 0.25) is 0 Å². The van der Waals surface area contributed by atoms with Crippen LogP contribution in [0.5, 0.6) is 0 Å². The number of ketones is 1. The van der Waals surface area contributed by atoms with E-state index in [2.05, 4.69) is 25.8 Å². The Labute approximate surface area is 136 Å². The lowest BCUT2D eigenvalue weighted by molar-refractivity contribution is -0.136. The minimum Gasteiger partial charge on any atom is -0.324 e. The summed E-state index contributed by atoms with van der Waals surface area (Å²) >= 11 is 4.71. The van der Waals surface area contributed by atoms with Crippen molar-refractivity contribution in [2.75, 3.05) is 10.6 Å². The van der Waals surface area contributed by atoms with Crippen LogP contribution in [0, 0.1) is 4.77 Å². The maximum atomic E-state index is 12.4. The molecule has 1 aliphatic heterocycles. The number of anilines is 2. The van der Waals surface area contributed by atoms with Crippen LogP contribution in [0.25, 0.3) is 0 Å². The monoisotopic (exact) mass is 351 g/mol. The lowest BCUT2D eigenvalue weighted by atomic mass is 10.2. The molecule has 2 heterocycles. The highest BCUT2D eigenvalue weighted by Crippen LogP contribution is 2.27. The molecule has 2 amide bonds. The Morgan fingerprint density at radius 3 is 2.70 bits per heavy atom. The fourth-order valence-corrected chi connectivity index (χ4v) is 3.50. The molecule has 23 heavy (non-hydrogen) atoms. The Hall–Kier alpha value is -2.66. The average Bonchev–Trinajstić information content (AvgIpc) is 2.92. The van der Waals surface area contributed by atoms with Gasteiger partial charge in [0, 0.05) is 0 Å². The highest BCUT2D eigenvalue weighted by atomic mass is 32.2. The number of Topliss-reactive ketones (excluding diaryl/α,β-unsaturated/α-hetero) is 1. The first-order valence-electron chi connectivity index (χ1n) is 6.27. The Balaban J connectivity index is 1.84.